The van der Waals surface area contributed by atoms with Crippen LogP contribution < -0.4 is 0 Å². The van der Waals surface area contributed by atoms with E-state index in [9.17, 15) is 0 Å². The molecule has 0 bridgehead atoms. The zero-order valence-corrected chi connectivity index (χ0v) is 12.6. The van der Waals surface area contributed by atoms with Gasteiger partial charge in [-0.1, -0.05) is 46.2 Å². The summed E-state index contributed by atoms with van der Waals surface area (Å²) in [5.74, 6) is 0. The van der Waals surface area contributed by atoms with E-state index in [0.717, 1.165) is 0 Å². The lowest BCUT2D eigenvalue weighted by Gasteiger charge is -2.50. The lowest BCUT2D eigenvalue weighted by Crippen LogP contribution is -2.67. The van der Waals surface area contributed by atoms with Gasteiger partial charge in [-0.25, -0.2) is 0 Å². The predicted molar refractivity (Wildman–Crippen MR) is 66.7 cm³/mol. The van der Waals surface area contributed by atoms with Crippen molar-refractivity contribution < 1.29 is 4.74 Å². The highest BCUT2D eigenvalue weighted by molar-refractivity contribution is 6.98. The lowest BCUT2D eigenvalue weighted by atomic mass is 10.5. The van der Waals surface area contributed by atoms with Gasteiger partial charge in [-0.2, -0.15) is 0 Å². The van der Waals surface area contributed by atoms with Gasteiger partial charge < -0.3 is 4.74 Å². The van der Waals surface area contributed by atoms with Gasteiger partial charge in [-0.3, -0.25) is 0 Å². The molecular weight excluding hydrogens is 192 g/mol. The molecule has 0 fully saturated rings. The predicted octanol–water partition coefficient (Wildman–Crippen LogP) is 3.54. The summed E-state index contributed by atoms with van der Waals surface area (Å²) < 4.78 is 5.94. The van der Waals surface area contributed by atoms with Crippen molar-refractivity contribution in [2.24, 2.45) is 0 Å². The maximum absolute atomic E-state index is 5.94. The van der Waals surface area contributed by atoms with E-state index in [0.29, 0.717) is 0 Å². The number of hydrogen-bond donors (Lipinski definition) is 0. The molecule has 0 aromatic heterocycles. The van der Waals surface area contributed by atoms with Crippen LogP contribution in [0.25, 0.3) is 0 Å². The Kier molecular flexibility index (Phi) is 3.99. The number of rotatable bonds is 4. The van der Waals surface area contributed by atoms with Gasteiger partial charge in [0.25, 0.3) is 0 Å². The largest absolute Gasteiger partial charge is 0.385 e. The highest BCUT2D eigenvalue weighted by Crippen LogP contribution is 2.36. The van der Waals surface area contributed by atoms with Gasteiger partial charge in [-0.15, -0.1) is 0 Å². The molecule has 0 aliphatic rings. The summed E-state index contributed by atoms with van der Waals surface area (Å²) in [5.41, 5.74) is 0. The van der Waals surface area contributed by atoms with Crippen molar-refractivity contribution in [1.82, 2.24) is 0 Å². The molecule has 0 aliphatic heterocycles. The van der Waals surface area contributed by atoms with E-state index in [4.69, 9.17) is 4.74 Å². The first-order valence-electron chi connectivity index (χ1n) is 5.17. The Labute approximate surface area is 85.9 Å². The van der Waals surface area contributed by atoms with Crippen LogP contribution in [0.15, 0.2) is 0 Å². The van der Waals surface area contributed by atoms with Crippen LogP contribution in [0, 0.1) is 0 Å². The van der Waals surface area contributed by atoms with Crippen molar-refractivity contribution >= 4 is 16.1 Å². The normalized spacial score (nSPS) is 14.8. The number of methoxy groups -OCH3 is 1. The van der Waals surface area contributed by atoms with E-state index in [1.807, 2.05) is 7.11 Å². The number of ether oxygens (including phenoxy) is 1. The van der Waals surface area contributed by atoms with Crippen molar-refractivity contribution in [3.8, 4) is 0 Å². The summed E-state index contributed by atoms with van der Waals surface area (Å²) >= 11 is 0. The fourth-order valence-electron chi connectivity index (χ4n) is 2.94. The molecule has 0 spiro atoms. The first-order valence-corrected chi connectivity index (χ1v) is 12.2. The maximum atomic E-state index is 5.94. The first-order chi connectivity index (χ1) is 5.62. The topological polar surface area (TPSA) is 9.23 Å². The van der Waals surface area contributed by atoms with Crippen molar-refractivity contribution in [3.05, 3.63) is 0 Å². The van der Waals surface area contributed by atoms with Crippen molar-refractivity contribution in [1.29, 1.82) is 0 Å². The minimum Gasteiger partial charge on any atom is -0.385 e. The Morgan fingerprint density at radius 3 is 1.23 bits per heavy atom. The third-order valence-corrected chi connectivity index (χ3v) is 13.7. The smallest absolute Gasteiger partial charge is 0.0783 e. The molecule has 0 aliphatic carbocycles. The molecule has 1 nitrogen and oxygen atoms in total. The van der Waals surface area contributed by atoms with Gasteiger partial charge in [0.05, 0.1) is 16.1 Å². The van der Waals surface area contributed by atoms with Crippen molar-refractivity contribution in [2.75, 3.05) is 7.11 Å². The molecular formula is C10H26OSi2. The van der Waals surface area contributed by atoms with Crippen LogP contribution in [0.5, 0.6) is 0 Å². The highest BCUT2D eigenvalue weighted by Gasteiger charge is 2.51. The molecule has 0 atom stereocenters. The van der Waals surface area contributed by atoms with Crippen LogP contribution in [0.3, 0.4) is 0 Å². The molecule has 0 N–H and O–H groups in total. The van der Waals surface area contributed by atoms with Crippen LogP contribution in [0.2, 0.25) is 39.3 Å². The molecule has 3 heteroatoms. The summed E-state index contributed by atoms with van der Waals surface area (Å²) in [6, 6.07) is 0. The molecule has 0 heterocycles. The van der Waals surface area contributed by atoms with Gasteiger partial charge in [0.15, 0.2) is 0 Å². The third kappa shape index (κ3) is 2.25. The van der Waals surface area contributed by atoms with Gasteiger partial charge >= 0.3 is 0 Å². The van der Waals surface area contributed by atoms with E-state index >= 15 is 0 Å². The third-order valence-electron chi connectivity index (χ3n) is 3.27. The van der Waals surface area contributed by atoms with Crippen LogP contribution in [0.1, 0.15) is 13.3 Å². The second kappa shape index (κ2) is 3.87. The average Bonchev–Trinajstić information content (AvgIpc) is 1.84. The van der Waals surface area contributed by atoms with Crippen LogP contribution in [0.4, 0.5) is 0 Å². The Bertz CT molecular complexity index is 145. The summed E-state index contributed by atoms with van der Waals surface area (Å²) in [5, 5.41) is 0. The highest BCUT2D eigenvalue weighted by atomic mass is 28.4. The Morgan fingerprint density at radius 1 is 0.923 bits per heavy atom. The second-order valence-corrected chi connectivity index (χ2v) is 17.0. The van der Waals surface area contributed by atoms with Crippen molar-refractivity contribution in [3.63, 3.8) is 0 Å². The molecule has 0 radical (unpaired) electrons. The second-order valence-electron chi connectivity index (χ2n) is 5.88. The standard InChI is InChI=1S/C10H26OSi2/c1-9-10(11-2,12(3,4)5)13(6,7)8/h9H2,1-8H3. The monoisotopic (exact) mass is 218 g/mol. The molecule has 0 amide bonds. The molecule has 0 aromatic rings. The van der Waals surface area contributed by atoms with Crippen LogP contribution >= 0.6 is 0 Å². The van der Waals surface area contributed by atoms with E-state index in [1.165, 1.54) is 6.42 Å². The fourth-order valence-corrected chi connectivity index (χ4v) is 15.3. The summed E-state index contributed by atoms with van der Waals surface area (Å²) in [4.78, 5) is 0.236. The van der Waals surface area contributed by atoms with Gasteiger partial charge in [0, 0.05) is 12.0 Å². The van der Waals surface area contributed by atoms with Gasteiger partial charge in [-0.05, 0) is 6.42 Å². The number of hydrogen-bond acceptors (Lipinski definition) is 1. The van der Waals surface area contributed by atoms with Gasteiger partial charge in [0.1, 0.15) is 0 Å². The van der Waals surface area contributed by atoms with Crippen molar-refractivity contribution in [2.45, 2.75) is 57.5 Å². The Morgan fingerprint density at radius 2 is 1.23 bits per heavy atom. The summed E-state index contributed by atoms with van der Waals surface area (Å²) in [6.45, 7) is 16.9. The summed E-state index contributed by atoms with van der Waals surface area (Å²) in [6.07, 6.45) is 1.18. The molecule has 0 aromatic carbocycles. The van der Waals surface area contributed by atoms with E-state index in [-0.39, 0.29) is 4.85 Å². The molecule has 0 unspecified atom stereocenters. The Hall–Kier alpha value is 0.394. The quantitative estimate of drug-likeness (QED) is 0.656. The minimum atomic E-state index is -1.23. The molecule has 0 saturated heterocycles. The van der Waals surface area contributed by atoms with Crippen LogP contribution in [-0.2, 0) is 4.74 Å². The molecule has 13 heavy (non-hydrogen) atoms. The first kappa shape index (κ1) is 13.4. The minimum absolute atomic E-state index is 0.236. The lowest BCUT2D eigenvalue weighted by molar-refractivity contribution is 0.109. The van der Waals surface area contributed by atoms with E-state index in [1.54, 1.807) is 0 Å². The molecule has 0 rings (SSSR count). The molecule has 80 valence electrons. The zero-order valence-electron chi connectivity index (χ0n) is 10.6. The Balaban J connectivity index is 5.17. The summed E-state index contributed by atoms with van der Waals surface area (Å²) in [7, 11) is -0.563. The maximum Gasteiger partial charge on any atom is 0.0783 e. The van der Waals surface area contributed by atoms with Crippen LogP contribution in [-0.4, -0.2) is 28.1 Å². The average molecular weight is 218 g/mol. The van der Waals surface area contributed by atoms with E-state index in [2.05, 4.69) is 46.2 Å². The zero-order chi connectivity index (χ0) is 10.9. The fraction of sp³-hybridized carbons (Fsp3) is 1.00. The SMILES string of the molecule is CCC(OC)([Si](C)(C)C)[Si](C)(C)C. The van der Waals surface area contributed by atoms with Gasteiger partial charge in [0.2, 0.25) is 0 Å². The molecule has 0 saturated carbocycles. The van der Waals surface area contributed by atoms with E-state index < -0.39 is 16.1 Å².